The van der Waals surface area contributed by atoms with Crippen LogP contribution < -0.4 is 4.90 Å². The highest BCUT2D eigenvalue weighted by Crippen LogP contribution is 2.27. The van der Waals surface area contributed by atoms with Crippen molar-refractivity contribution in [2.75, 3.05) is 24.6 Å². The van der Waals surface area contributed by atoms with Crippen LogP contribution in [0.25, 0.3) is 0 Å². The van der Waals surface area contributed by atoms with Gasteiger partial charge in [0.05, 0.1) is 6.10 Å². The zero-order valence-corrected chi connectivity index (χ0v) is 12.5. The van der Waals surface area contributed by atoms with Gasteiger partial charge < -0.3 is 9.64 Å². The fourth-order valence-electron chi connectivity index (χ4n) is 2.51. The lowest BCUT2D eigenvalue weighted by molar-refractivity contribution is 0.0439. The van der Waals surface area contributed by atoms with Crippen molar-refractivity contribution in [2.45, 2.75) is 45.6 Å². The molecule has 2 heterocycles. The van der Waals surface area contributed by atoms with E-state index in [0.717, 1.165) is 56.8 Å². The Hall–Kier alpha value is -0.870. The Labute approximate surface area is 120 Å². The van der Waals surface area contributed by atoms with Gasteiger partial charge in [0, 0.05) is 25.3 Å². The molecule has 0 N–H and O–H groups in total. The predicted octanol–water partition coefficient (Wildman–Crippen LogP) is 3.09. The predicted molar refractivity (Wildman–Crippen MR) is 77.9 cm³/mol. The Morgan fingerprint density at radius 2 is 2.26 bits per heavy atom. The summed E-state index contributed by atoms with van der Waals surface area (Å²) >= 11 is 6.16. The van der Waals surface area contributed by atoms with Gasteiger partial charge in [-0.2, -0.15) is 0 Å². The number of piperidine rings is 1. The van der Waals surface area contributed by atoms with Crippen molar-refractivity contribution in [3.8, 4) is 0 Å². The number of hydrogen-bond acceptors (Lipinski definition) is 4. The largest absolute Gasteiger partial charge is 0.376 e. The average molecular weight is 284 g/mol. The molecule has 1 aliphatic heterocycles. The molecule has 2 rings (SSSR count). The Morgan fingerprint density at radius 1 is 1.42 bits per heavy atom. The molecule has 1 aromatic rings. The van der Waals surface area contributed by atoms with E-state index in [4.69, 9.17) is 16.3 Å². The van der Waals surface area contributed by atoms with E-state index in [0.29, 0.717) is 11.3 Å². The molecule has 0 saturated carbocycles. The molecule has 0 radical (unpaired) electrons. The van der Waals surface area contributed by atoms with Gasteiger partial charge in [-0.05, 0) is 25.7 Å². The number of hydrogen-bond donors (Lipinski definition) is 0. The summed E-state index contributed by atoms with van der Waals surface area (Å²) in [6.07, 6.45) is 6.05. The summed E-state index contributed by atoms with van der Waals surface area (Å²) < 4.78 is 5.87. The molecular weight excluding hydrogens is 262 g/mol. The number of nitrogens with zero attached hydrogens (tertiary/aromatic N) is 3. The molecule has 0 bridgehead atoms. The first kappa shape index (κ1) is 14.5. The van der Waals surface area contributed by atoms with E-state index in [1.54, 1.807) is 6.33 Å². The van der Waals surface area contributed by atoms with E-state index < -0.39 is 0 Å². The van der Waals surface area contributed by atoms with E-state index in [2.05, 4.69) is 28.7 Å². The van der Waals surface area contributed by atoms with Crippen LogP contribution in [-0.2, 0) is 11.2 Å². The van der Waals surface area contributed by atoms with Gasteiger partial charge in [0.1, 0.15) is 17.3 Å². The lowest BCUT2D eigenvalue weighted by Gasteiger charge is -2.34. The minimum absolute atomic E-state index is 0.312. The summed E-state index contributed by atoms with van der Waals surface area (Å²) in [6, 6.07) is 0. The molecule has 19 heavy (non-hydrogen) atoms. The maximum atomic E-state index is 6.16. The van der Waals surface area contributed by atoms with Crippen molar-refractivity contribution in [3.63, 3.8) is 0 Å². The molecular formula is C14H22ClN3O. The van der Waals surface area contributed by atoms with Crippen LogP contribution >= 0.6 is 11.6 Å². The number of anilines is 1. The van der Waals surface area contributed by atoms with Gasteiger partial charge in [-0.15, -0.1) is 0 Å². The number of aromatic nitrogens is 2. The van der Waals surface area contributed by atoms with E-state index in [1.807, 2.05) is 0 Å². The van der Waals surface area contributed by atoms with E-state index >= 15 is 0 Å². The molecule has 0 aromatic carbocycles. The minimum Gasteiger partial charge on any atom is -0.376 e. The molecule has 5 heteroatoms. The Bertz CT molecular complexity index is 414. The molecule has 1 atom stereocenters. The first-order valence-electron chi connectivity index (χ1n) is 7.12. The molecule has 4 nitrogen and oxygen atoms in total. The van der Waals surface area contributed by atoms with Gasteiger partial charge in [-0.3, -0.25) is 0 Å². The average Bonchev–Trinajstić information content (AvgIpc) is 2.45. The van der Waals surface area contributed by atoms with Crippen LogP contribution in [0.2, 0.25) is 5.15 Å². The normalized spacial score (nSPS) is 19.7. The van der Waals surface area contributed by atoms with Gasteiger partial charge in [0.2, 0.25) is 0 Å². The summed E-state index contributed by atoms with van der Waals surface area (Å²) in [7, 11) is 0. The SMILES string of the molecule is CCCOC1CCCN(c2ncnc(Cl)c2CC)C1. The molecule has 1 aliphatic rings. The second kappa shape index (κ2) is 7.06. The van der Waals surface area contributed by atoms with Gasteiger partial charge in [0.15, 0.2) is 0 Å². The van der Waals surface area contributed by atoms with Crippen LogP contribution in [0.5, 0.6) is 0 Å². The first-order valence-corrected chi connectivity index (χ1v) is 7.50. The topological polar surface area (TPSA) is 38.2 Å². The summed E-state index contributed by atoms with van der Waals surface area (Å²) in [5.74, 6) is 0.979. The molecule has 1 unspecified atom stereocenters. The summed E-state index contributed by atoms with van der Waals surface area (Å²) in [4.78, 5) is 10.8. The number of halogens is 1. The Morgan fingerprint density at radius 3 is 3.00 bits per heavy atom. The van der Waals surface area contributed by atoms with Crippen molar-refractivity contribution in [1.82, 2.24) is 9.97 Å². The third-order valence-electron chi connectivity index (χ3n) is 3.46. The van der Waals surface area contributed by atoms with Crippen LogP contribution in [0, 0.1) is 0 Å². The van der Waals surface area contributed by atoms with Gasteiger partial charge >= 0.3 is 0 Å². The van der Waals surface area contributed by atoms with Crippen LogP contribution in [0.1, 0.15) is 38.7 Å². The molecule has 106 valence electrons. The zero-order chi connectivity index (χ0) is 13.7. The molecule has 1 aromatic heterocycles. The monoisotopic (exact) mass is 283 g/mol. The summed E-state index contributed by atoms with van der Waals surface area (Å²) in [6.45, 7) is 6.99. The maximum absolute atomic E-state index is 6.16. The van der Waals surface area contributed by atoms with Gasteiger partial charge in [-0.25, -0.2) is 9.97 Å². The molecule has 0 spiro atoms. The number of rotatable bonds is 5. The third kappa shape index (κ3) is 3.57. The second-order valence-corrected chi connectivity index (χ2v) is 5.26. The standard InChI is InChI=1S/C14H22ClN3O/c1-3-8-19-11-6-5-7-18(9-11)14-12(4-2)13(15)16-10-17-14/h10-11H,3-9H2,1-2H3. The number of ether oxygens (including phenoxy) is 1. The smallest absolute Gasteiger partial charge is 0.137 e. The van der Waals surface area contributed by atoms with E-state index in [1.165, 1.54) is 0 Å². The van der Waals surface area contributed by atoms with Crippen molar-refractivity contribution >= 4 is 17.4 Å². The van der Waals surface area contributed by atoms with E-state index in [9.17, 15) is 0 Å². The van der Waals surface area contributed by atoms with Gasteiger partial charge in [-0.1, -0.05) is 25.4 Å². The first-order chi connectivity index (χ1) is 9.26. The molecule has 0 amide bonds. The van der Waals surface area contributed by atoms with Crippen molar-refractivity contribution in [1.29, 1.82) is 0 Å². The highest BCUT2D eigenvalue weighted by Gasteiger charge is 2.23. The second-order valence-electron chi connectivity index (χ2n) is 4.90. The van der Waals surface area contributed by atoms with Crippen LogP contribution in [0.4, 0.5) is 5.82 Å². The van der Waals surface area contributed by atoms with Crippen molar-refractivity contribution < 1.29 is 4.74 Å². The molecule has 1 fully saturated rings. The summed E-state index contributed by atoms with van der Waals surface area (Å²) in [5, 5.41) is 0.573. The quantitative estimate of drug-likeness (QED) is 0.779. The zero-order valence-electron chi connectivity index (χ0n) is 11.7. The molecule has 0 aliphatic carbocycles. The lowest BCUT2D eigenvalue weighted by atomic mass is 10.1. The van der Waals surface area contributed by atoms with Crippen molar-refractivity contribution in [3.05, 3.63) is 17.0 Å². The lowest BCUT2D eigenvalue weighted by Crippen LogP contribution is -2.40. The van der Waals surface area contributed by atoms with Crippen LogP contribution in [0.15, 0.2) is 6.33 Å². The van der Waals surface area contributed by atoms with Crippen LogP contribution in [0.3, 0.4) is 0 Å². The highest BCUT2D eigenvalue weighted by atomic mass is 35.5. The molecule has 1 saturated heterocycles. The summed E-state index contributed by atoms with van der Waals surface area (Å²) in [5.41, 5.74) is 1.04. The van der Waals surface area contributed by atoms with Gasteiger partial charge in [0.25, 0.3) is 0 Å². The third-order valence-corrected chi connectivity index (χ3v) is 3.78. The Balaban J connectivity index is 2.10. The Kier molecular flexibility index (Phi) is 5.40. The fourth-order valence-corrected chi connectivity index (χ4v) is 2.77. The fraction of sp³-hybridized carbons (Fsp3) is 0.714. The van der Waals surface area contributed by atoms with E-state index in [-0.39, 0.29) is 0 Å². The van der Waals surface area contributed by atoms with Crippen LogP contribution in [-0.4, -0.2) is 35.8 Å². The minimum atomic E-state index is 0.312. The maximum Gasteiger partial charge on any atom is 0.137 e. The van der Waals surface area contributed by atoms with Crippen molar-refractivity contribution in [2.24, 2.45) is 0 Å². The highest BCUT2D eigenvalue weighted by molar-refractivity contribution is 6.30.